The van der Waals surface area contributed by atoms with E-state index >= 15 is 0 Å². The number of likely N-dealkylation sites (N-methyl/N-ethyl adjacent to an activating group) is 1. The van der Waals surface area contributed by atoms with Crippen molar-refractivity contribution in [1.29, 1.82) is 0 Å². The van der Waals surface area contributed by atoms with Gasteiger partial charge < -0.3 is 25.8 Å². The summed E-state index contributed by atoms with van der Waals surface area (Å²) in [5.74, 6) is -0.361. The number of amides is 4. The maximum absolute atomic E-state index is 13.7. The molecule has 3 unspecified atom stereocenters. The summed E-state index contributed by atoms with van der Waals surface area (Å²) in [5, 5.41) is 9.00. The number of nitrogens with zero attached hydrogens (tertiary/aromatic N) is 2. The number of carbonyl (C=O) groups is 3. The lowest BCUT2D eigenvalue weighted by molar-refractivity contribution is -0.111. The van der Waals surface area contributed by atoms with E-state index in [2.05, 4.69) is 52.1 Å². The SMILES string of the molecule is C=CC(=O)Nc1ccc(C(=O)NC2NNC3C2CN(C(=O)N[C@H](CN(C)C)c2ccccc2)[C@@H]3C(C)C)cc1. The van der Waals surface area contributed by atoms with Crippen LogP contribution in [0.4, 0.5) is 10.5 Å². The molecular formula is C29H39N7O3. The molecule has 10 nitrogen and oxygen atoms in total. The minimum atomic E-state index is -0.353. The first-order valence-corrected chi connectivity index (χ1v) is 13.3. The van der Waals surface area contributed by atoms with Gasteiger partial charge in [0.25, 0.3) is 5.91 Å². The molecule has 4 rings (SSSR count). The number of fused-ring (bicyclic) bond motifs is 1. The first-order valence-electron chi connectivity index (χ1n) is 13.3. The minimum absolute atomic E-state index is 0.0118. The Morgan fingerprint density at radius 3 is 2.38 bits per heavy atom. The number of urea groups is 1. The number of hydrazine groups is 1. The van der Waals surface area contributed by atoms with Crippen molar-refractivity contribution in [1.82, 2.24) is 31.3 Å². The van der Waals surface area contributed by atoms with Gasteiger partial charge in [-0.25, -0.2) is 10.2 Å². The third-order valence-corrected chi connectivity index (χ3v) is 7.31. The van der Waals surface area contributed by atoms with E-state index in [1.54, 1.807) is 24.3 Å². The lowest BCUT2D eigenvalue weighted by atomic mass is 9.92. The largest absolute Gasteiger partial charge is 0.335 e. The summed E-state index contributed by atoms with van der Waals surface area (Å²) in [7, 11) is 3.99. The van der Waals surface area contributed by atoms with Crippen LogP contribution in [0, 0.1) is 11.8 Å². The van der Waals surface area contributed by atoms with Crippen LogP contribution < -0.4 is 26.8 Å². The van der Waals surface area contributed by atoms with Crippen molar-refractivity contribution in [3.05, 3.63) is 78.4 Å². The van der Waals surface area contributed by atoms with Gasteiger partial charge in [-0.05, 0) is 55.9 Å². The average Bonchev–Trinajstić information content (AvgIpc) is 3.48. The topological polar surface area (TPSA) is 118 Å². The summed E-state index contributed by atoms with van der Waals surface area (Å²) in [6, 6.07) is 16.3. The first kappa shape index (κ1) is 28.3. The van der Waals surface area contributed by atoms with Gasteiger partial charge in [0.15, 0.2) is 0 Å². The molecule has 0 saturated carbocycles. The Hall–Kier alpha value is -3.73. The number of carbonyl (C=O) groups excluding carboxylic acids is 3. The summed E-state index contributed by atoms with van der Waals surface area (Å²) in [4.78, 5) is 42.2. The van der Waals surface area contributed by atoms with Crippen LogP contribution in [-0.4, -0.2) is 73.1 Å². The molecule has 0 aliphatic carbocycles. The molecule has 10 heteroatoms. The summed E-state index contributed by atoms with van der Waals surface area (Å²) in [6.07, 6.45) is 0.837. The third-order valence-electron chi connectivity index (χ3n) is 7.31. The normalized spacial score (nSPS) is 22.9. The van der Waals surface area contributed by atoms with E-state index in [9.17, 15) is 14.4 Å². The Labute approximate surface area is 230 Å². The number of nitrogens with one attached hydrogen (secondary N) is 5. The predicted molar refractivity (Wildman–Crippen MR) is 152 cm³/mol. The molecular weight excluding hydrogens is 494 g/mol. The van der Waals surface area contributed by atoms with Crippen molar-refractivity contribution in [2.45, 2.75) is 38.1 Å². The highest BCUT2D eigenvalue weighted by molar-refractivity contribution is 5.99. The molecule has 0 aromatic heterocycles. The van der Waals surface area contributed by atoms with E-state index in [0.29, 0.717) is 24.3 Å². The molecule has 4 amide bonds. The Balaban J connectivity index is 1.44. The molecule has 2 heterocycles. The van der Waals surface area contributed by atoms with E-state index in [1.165, 1.54) is 6.08 Å². The van der Waals surface area contributed by atoms with Gasteiger partial charge in [-0.1, -0.05) is 50.8 Å². The molecule has 208 valence electrons. The van der Waals surface area contributed by atoms with Crippen molar-refractivity contribution >= 4 is 23.5 Å². The molecule has 2 aliphatic heterocycles. The summed E-state index contributed by atoms with van der Waals surface area (Å²) >= 11 is 0. The molecule has 0 bridgehead atoms. The van der Waals surface area contributed by atoms with Crippen LogP contribution in [-0.2, 0) is 4.79 Å². The van der Waals surface area contributed by atoms with E-state index in [0.717, 1.165) is 5.56 Å². The Morgan fingerprint density at radius 1 is 1.08 bits per heavy atom. The zero-order valence-corrected chi connectivity index (χ0v) is 23.0. The van der Waals surface area contributed by atoms with E-state index in [4.69, 9.17) is 0 Å². The van der Waals surface area contributed by atoms with Gasteiger partial charge in [-0.3, -0.25) is 15.0 Å². The smallest absolute Gasteiger partial charge is 0.318 e. The van der Waals surface area contributed by atoms with Crippen LogP contribution in [0.25, 0.3) is 0 Å². The molecule has 0 spiro atoms. The molecule has 2 aromatic carbocycles. The van der Waals surface area contributed by atoms with Gasteiger partial charge in [0.1, 0.15) is 0 Å². The highest BCUT2D eigenvalue weighted by Gasteiger charge is 2.52. The second-order valence-electron chi connectivity index (χ2n) is 10.8. The monoisotopic (exact) mass is 533 g/mol. The zero-order chi connectivity index (χ0) is 28.1. The molecule has 2 saturated heterocycles. The van der Waals surface area contributed by atoms with E-state index in [1.807, 2.05) is 49.3 Å². The number of hydrogen-bond donors (Lipinski definition) is 5. The standard InChI is InChI=1S/C29H39N7O3/c1-6-24(37)30-21-14-12-20(13-15-21)28(38)32-27-22-16-36(26(18(2)3)25(22)33-34-27)29(39)31-23(17-35(4)5)19-10-8-7-9-11-19/h6-15,18,22-23,25-27,33-34H,1,16-17H2,2-5H3,(H,30,37)(H,31,39)(H,32,38)/t22?,23-,25?,26-,27?/m1/s1. The van der Waals surface area contributed by atoms with Crippen LogP contribution in [0.1, 0.15) is 35.8 Å². The number of likely N-dealkylation sites (tertiary alicyclic amines) is 1. The van der Waals surface area contributed by atoms with Crippen molar-refractivity contribution < 1.29 is 14.4 Å². The highest BCUT2D eigenvalue weighted by Crippen LogP contribution is 2.33. The highest BCUT2D eigenvalue weighted by atomic mass is 16.2. The lowest BCUT2D eigenvalue weighted by Gasteiger charge is -2.33. The van der Waals surface area contributed by atoms with Gasteiger partial charge in [0.2, 0.25) is 5.91 Å². The second-order valence-corrected chi connectivity index (χ2v) is 10.8. The molecule has 2 aliphatic rings. The van der Waals surface area contributed by atoms with Crippen molar-refractivity contribution in [3.8, 4) is 0 Å². The zero-order valence-electron chi connectivity index (χ0n) is 23.0. The lowest BCUT2D eigenvalue weighted by Crippen LogP contribution is -2.54. The molecule has 39 heavy (non-hydrogen) atoms. The fourth-order valence-corrected chi connectivity index (χ4v) is 5.48. The van der Waals surface area contributed by atoms with Crippen LogP contribution in [0.15, 0.2) is 67.3 Å². The second kappa shape index (κ2) is 12.4. The van der Waals surface area contributed by atoms with Gasteiger partial charge in [0.05, 0.1) is 18.2 Å². The number of rotatable bonds is 9. The third kappa shape index (κ3) is 6.65. The molecule has 5 N–H and O–H groups in total. The quantitative estimate of drug-likeness (QED) is 0.316. The van der Waals surface area contributed by atoms with E-state index in [-0.39, 0.29) is 54.0 Å². The molecule has 5 atom stereocenters. The van der Waals surface area contributed by atoms with E-state index < -0.39 is 0 Å². The fourth-order valence-electron chi connectivity index (χ4n) is 5.48. The van der Waals surface area contributed by atoms with Crippen LogP contribution in [0.5, 0.6) is 0 Å². The van der Waals surface area contributed by atoms with Gasteiger partial charge in [-0.2, -0.15) is 0 Å². The molecule has 2 aromatic rings. The first-order chi connectivity index (χ1) is 18.7. The molecule has 0 radical (unpaired) electrons. The van der Waals surface area contributed by atoms with Crippen LogP contribution in [0.3, 0.4) is 0 Å². The Kier molecular flexibility index (Phi) is 9.01. The van der Waals surface area contributed by atoms with Crippen molar-refractivity contribution in [3.63, 3.8) is 0 Å². The van der Waals surface area contributed by atoms with Crippen molar-refractivity contribution in [2.24, 2.45) is 11.8 Å². The summed E-state index contributed by atoms with van der Waals surface area (Å²) in [5.41, 5.74) is 8.68. The maximum atomic E-state index is 13.7. The Morgan fingerprint density at radius 2 is 1.77 bits per heavy atom. The van der Waals surface area contributed by atoms with Gasteiger partial charge >= 0.3 is 6.03 Å². The number of benzene rings is 2. The van der Waals surface area contributed by atoms with Crippen LogP contribution >= 0.6 is 0 Å². The Bertz CT molecular complexity index is 1170. The number of anilines is 1. The van der Waals surface area contributed by atoms with Gasteiger partial charge in [0, 0.05) is 36.3 Å². The minimum Gasteiger partial charge on any atom is -0.335 e. The molecule has 2 fully saturated rings. The predicted octanol–water partition coefficient (Wildman–Crippen LogP) is 2.31. The fraction of sp³-hybridized carbons (Fsp3) is 0.414. The van der Waals surface area contributed by atoms with Crippen LogP contribution in [0.2, 0.25) is 0 Å². The summed E-state index contributed by atoms with van der Waals surface area (Å²) < 4.78 is 0. The van der Waals surface area contributed by atoms with Crippen molar-refractivity contribution in [2.75, 3.05) is 32.5 Å². The van der Waals surface area contributed by atoms with Gasteiger partial charge in [-0.15, -0.1) is 0 Å². The number of hydrogen-bond acceptors (Lipinski definition) is 6. The maximum Gasteiger partial charge on any atom is 0.318 e. The summed E-state index contributed by atoms with van der Waals surface area (Å²) in [6.45, 7) is 8.84. The average molecular weight is 534 g/mol.